The van der Waals surface area contributed by atoms with Crippen molar-refractivity contribution in [2.24, 2.45) is 0 Å². The summed E-state index contributed by atoms with van der Waals surface area (Å²) in [5.74, 6) is -2.50. The van der Waals surface area contributed by atoms with Crippen LogP contribution in [0.1, 0.15) is 22.8 Å². The molecule has 112 valence electrons. The molecular formula is C12H16FNO5S. The maximum atomic E-state index is 13.6. The quantitative estimate of drug-likeness (QED) is 0.840. The van der Waals surface area contributed by atoms with Crippen molar-refractivity contribution in [1.82, 2.24) is 4.31 Å². The van der Waals surface area contributed by atoms with E-state index in [-0.39, 0.29) is 17.1 Å². The summed E-state index contributed by atoms with van der Waals surface area (Å²) in [5.41, 5.74) is -0.776. The van der Waals surface area contributed by atoms with Gasteiger partial charge in [0, 0.05) is 13.1 Å². The van der Waals surface area contributed by atoms with Crippen molar-refractivity contribution in [2.75, 3.05) is 13.7 Å². The Hall–Kier alpha value is -1.51. The predicted molar refractivity (Wildman–Crippen MR) is 69.6 cm³/mol. The minimum absolute atomic E-state index is 0.0754. The highest BCUT2D eigenvalue weighted by atomic mass is 32.2. The lowest BCUT2D eigenvalue weighted by Gasteiger charge is -2.23. The van der Waals surface area contributed by atoms with E-state index in [0.717, 1.165) is 16.4 Å². The van der Waals surface area contributed by atoms with Crippen LogP contribution < -0.4 is 0 Å². The van der Waals surface area contributed by atoms with Crippen LogP contribution in [0.2, 0.25) is 0 Å². The molecule has 1 atom stereocenters. The van der Waals surface area contributed by atoms with Gasteiger partial charge < -0.3 is 10.2 Å². The van der Waals surface area contributed by atoms with E-state index in [2.05, 4.69) is 0 Å². The second-order valence-electron chi connectivity index (χ2n) is 4.46. The van der Waals surface area contributed by atoms with Crippen LogP contribution >= 0.6 is 0 Å². The van der Waals surface area contributed by atoms with Gasteiger partial charge >= 0.3 is 5.97 Å². The molecule has 0 spiro atoms. The van der Waals surface area contributed by atoms with Gasteiger partial charge in [-0.1, -0.05) is 0 Å². The fraction of sp³-hybridized carbons (Fsp3) is 0.417. The fourth-order valence-electron chi connectivity index (χ4n) is 1.56. The first-order valence-corrected chi connectivity index (χ1v) is 7.19. The lowest BCUT2D eigenvalue weighted by molar-refractivity contribution is 0.0691. The molecule has 0 aliphatic carbocycles. The van der Waals surface area contributed by atoms with Gasteiger partial charge in [0.05, 0.1) is 17.1 Å². The number of carbonyl (C=O) groups is 1. The molecule has 0 aliphatic heterocycles. The highest BCUT2D eigenvalue weighted by molar-refractivity contribution is 7.89. The van der Waals surface area contributed by atoms with Crippen molar-refractivity contribution in [3.63, 3.8) is 0 Å². The van der Waals surface area contributed by atoms with Crippen molar-refractivity contribution in [1.29, 1.82) is 0 Å². The van der Waals surface area contributed by atoms with Crippen molar-refractivity contribution in [2.45, 2.75) is 24.8 Å². The average Bonchev–Trinajstić information content (AvgIpc) is 2.39. The molecule has 0 heterocycles. The molecule has 0 bridgehead atoms. The Kier molecular flexibility index (Phi) is 4.85. The van der Waals surface area contributed by atoms with Gasteiger partial charge in [0.2, 0.25) is 10.0 Å². The Bertz CT molecular complexity index is 629. The Balaban J connectivity index is 3.44. The number of likely N-dealkylation sites (N-methyl/N-ethyl adjacent to an activating group) is 1. The van der Waals surface area contributed by atoms with E-state index in [0.29, 0.717) is 0 Å². The molecule has 2 N–H and O–H groups in total. The van der Waals surface area contributed by atoms with E-state index < -0.39 is 33.4 Å². The number of aliphatic hydroxyl groups is 1. The fourth-order valence-corrected chi connectivity index (χ4v) is 3.02. The first-order chi connectivity index (χ1) is 9.12. The summed E-state index contributed by atoms with van der Waals surface area (Å²) in [7, 11) is -2.74. The van der Waals surface area contributed by atoms with Gasteiger partial charge in [-0.3, -0.25) is 0 Å². The minimum atomic E-state index is -4.00. The van der Waals surface area contributed by atoms with Crippen molar-refractivity contribution in [3.8, 4) is 0 Å². The summed E-state index contributed by atoms with van der Waals surface area (Å²) in [6.07, 6.45) is 0. The molecule has 1 aromatic rings. The van der Waals surface area contributed by atoms with Crippen LogP contribution in [-0.2, 0) is 10.0 Å². The molecule has 1 aromatic carbocycles. The second kappa shape index (κ2) is 5.86. The minimum Gasteiger partial charge on any atom is -0.478 e. The van der Waals surface area contributed by atoms with Crippen LogP contribution in [0.3, 0.4) is 0 Å². The van der Waals surface area contributed by atoms with E-state index in [4.69, 9.17) is 10.2 Å². The number of hydrogen-bond acceptors (Lipinski definition) is 4. The number of nitrogens with zero attached hydrogens (tertiary/aromatic N) is 1. The van der Waals surface area contributed by atoms with Crippen molar-refractivity contribution < 1.29 is 27.8 Å². The number of aromatic carboxylic acids is 1. The van der Waals surface area contributed by atoms with E-state index in [9.17, 15) is 17.6 Å². The number of carboxylic acids is 1. The summed E-state index contributed by atoms with van der Waals surface area (Å²) in [6.45, 7) is 2.39. The van der Waals surface area contributed by atoms with Crippen molar-refractivity contribution >= 4 is 16.0 Å². The summed E-state index contributed by atoms with van der Waals surface area (Å²) in [4.78, 5) is 10.6. The molecule has 0 saturated heterocycles. The zero-order valence-electron chi connectivity index (χ0n) is 11.3. The Morgan fingerprint density at radius 2 is 2.00 bits per heavy atom. The number of aryl methyl sites for hydroxylation is 1. The number of rotatable bonds is 5. The highest BCUT2D eigenvalue weighted by Crippen LogP contribution is 2.22. The standard InChI is InChI=1S/C12H16FNO5S/c1-7-4-9(5-10(11(7)13)12(16)17)20(18,19)14(3)8(2)6-15/h4-5,8,15H,6H2,1-3H3,(H,16,17). The van der Waals surface area contributed by atoms with Gasteiger partial charge in [-0.15, -0.1) is 0 Å². The molecule has 20 heavy (non-hydrogen) atoms. The monoisotopic (exact) mass is 305 g/mol. The SMILES string of the molecule is Cc1cc(S(=O)(=O)N(C)C(C)CO)cc(C(=O)O)c1F. The first-order valence-electron chi connectivity index (χ1n) is 5.75. The van der Waals surface area contributed by atoms with Gasteiger partial charge in [0.15, 0.2) is 0 Å². The molecule has 0 radical (unpaired) electrons. The third kappa shape index (κ3) is 2.97. The lowest BCUT2D eigenvalue weighted by atomic mass is 10.1. The van der Waals surface area contributed by atoms with Gasteiger partial charge in [0.25, 0.3) is 0 Å². The normalized spacial score (nSPS) is 13.5. The van der Waals surface area contributed by atoms with Crippen molar-refractivity contribution in [3.05, 3.63) is 29.1 Å². The molecule has 0 amide bonds. The molecule has 0 saturated carbocycles. The molecule has 1 unspecified atom stereocenters. The maximum Gasteiger partial charge on any atom is 0.338 e. The molecule has 8 heteroatoms. The molecule has 1 rings (SSSR count). The van der Waals surface area contributed by atoms with Gasteiger partial charge in [-0.05, 0) is 31.5 Å². The second-order valence-corrected chi connectivity index (χ2v) is 6.46. The number of benzene rings is 1. The van der Waals surface area contributed by atoms with Crippen LogP contribution in [0.15, 0.2) is 17.0 Å². The first kappa shape index (κ1) is 16.5. The highest BCUT2D eigenvalue weighted by Gasteiger charge is 2.27. The third-order valence-electron chi connectivity index (χ3n) is 3.02. The zero-order valence-corrected chi connectivity index (χ0v) is 12.1. The molecule has 0 aromatic heterocycles. The summed E-state index contributed by atoms with van der Waals surface area (Å²) in [6, 6.07) is 1.16. The van der Waals surface area contributed by atoms with Crippen LogP contribution in [0, 0.1) is 12.7 Å². The average molecular weight is 305 g/mol. The Morgan fingerprint density at radius 1 is 1.45 bits per heavy atom. The summed E-state index contributed by atoms with van der Waals surface area (Å²) >= 11 is 0. The maximum absolute atomic E-state index is 13.6. The largest absolute Gasteiger partial charge is 0.478 e. The van der Waals surface area contributed by atoms with Gasteiger partial charge in [0.1, 0.15) is 5.82 Å². The van der Waals surface area contributed by atoms with E-state index >= 15 is 0 Å². The smallest absolute Gasteiger partial charge is 0.338 e. The predicted octanol–water partition coefficient (Wildman–Crippen LogP) is 0.834. The van der Waals surface area contributed by atoms with Gasteiger partial charge in [-0.25, -0.2) is 17.6 Å². The third-order valence-corrected chi connectivity index (χ3v) is 4.97. The van der Waals surface area contributed by atoms with Crippen LogP contribution in [-0.4, -0.2) is 48.6 Å². The van der Waals surface area contributed by atoms with Gasteiger partial charge in [-0.2, -0.15) is 4.31 Å². The van der Waals surface area contributed by atoms with Crippen LogP contribution in [0.25, 0.3) is 0 Å². The molecular weight excluding hydrogens is 289 g/mol. The topological polar surface area (TPSA) is 94.9 Å². The van der Waals surface area contributed by atoms with Crippen LogP contribution in [0.5, 0.6) is 0 Å². The van der Waals surface area contributed by atoms with Crippen LogP contribution in [0.4, 0.5) is 4.39 Å². The molecule has 0 fully saturated rings. The van der Waals surface area contributed by atoms with E-state index in [1.54, 1.807) is 0 Å². The van der Waals surface area contributed by atoms with E-state index in [1.165, 1.54) is 20.9 Å². The number of halogens is 1. The van der Waals surface area contributed by atoms with E-state index in [1.807, 2.05) is 0 Å². The number of aliphatic hydroxyl groups excluding tert-OH is 1. The molecule has 0 aliphatic rings. The Morgan fingerprint density at radius 3 is 2.45 bits per heavy atom. The summed E-state index contributed by atoms with van der Waals surface area (Å²) < 4.78 is 39.1. The summed E-state index contributed by atoms with van der Waals surface area (Å²) in [5, 5.41) is 17.9. The Labute approximate surface area is 116 Å². The number of hydrogen-bond donors (Lipinski definition) is 2. The zero-order chi connectivity index (χ0) is 15.7. The molecule has 6 nitrogen and oxygen atoms in total. The number of sulfonamides is 1. The number of carboxylic acid groups (broad SMARTS) is 1. The lowest BCUT2D eigenvalue weighted by Crippen LogP contribution is -2.37.